The standard InChI is InChI=1S/C10H19NO2/c1-7(2)11-10(13)8-3-5-9(12)6-4-8/h7-9,12H,3-6H2,1-2H3,(H,11,13). The average Bonchev–Trinajstić information content (AvgIpc) is 2.04. The van der Waals surface area contributed by atoms with Gasteiger partial charge in [0, 0.05) is 12.0 Å². The first-order chi connectivity index (χ1) is 6.09. The predicted octanol–water partition coefficient (Wildman–Crippen LogP) is 1.06. The molecule has 1 aliphatic rings. The molecular formula is C10H19NO2. The van der Waals surface area contributed by atoms with Crippen molar-refractivity contribution in [1.29, 1.82) is 0 Å². The van der Waals surface area contributed by atoms with Crippen molar-refractivity contribution in [3.8, 4) is 0 Å². The lowest BCUT2D eigenvalue weighted by Gasteiger charge is -2.25. The van der Waals surface area contributed by atoms with Crippen LogP contribution in [-0.2, 0) is 4.79 Å². The van der Waals surface area contributed by atoms with Crippen LogP contribution in [0, 0.1) is 5.92 Å². The summed E-state index contributed by atoms with van der Waals surface area (Å²) in [5, 5.41) is 12.2. The van der Waals surface area contributed by atoms with Crippen molar-refractivity contribution in [3.05, 3.63) is 0 Å². The molecule has 0 spiro atoms. The van der Waals surface area contributed by atoms with Gasteiger partial charge in [-0.05, 0) is 39.5 Å². The Morgan fingerprint density at radius 2 is 1.85 bits per heavy atom. The minimum absolute atomic E-state index is 0.130. The second kappa shape index (κ2) is 4.61. The van der Waals surface area contributed by atoms with E-state index in [9.17, 15) is 9.90 Å². The molecule has 3 heteroatoms. The first-order valence-electron chi connectivity index (χ1n) is 5.08. The van der Waals surface area contributed by atoms with Gasteiger partial charge in [0.2, 0.25) is 5.91 Å². The topological polar surface area (TPSA) is 49.3 Å². The van der Waals surface area contributed by atoms with Crippen LogP contribution in [0.25, 0.3) is 0 Å². The fraction of sp³-hybridized carbons (Fsp3) is 0.900. The third kappa shape index (κ3) is 3.35. The fourth-order valence-electron chi connectivity index (χ4n) is 1.74. The molecule has 13 heavy (non-hydrogen) atoms. The molecule has 2 N–H and O–H groups in total. The van der Waals surface area contributed by atoms with Crippen molar-refractivity contribution in [3.63, 3.8) is 0 Å². The molecule has 0 radical (unpaired) electrons. The van der Waals surface area contributed by atoms with Gasteiger partial charge in [-0.2, -0.15) is 0 Å². The molecule has 1 amide bonds. The van der Waals surface area contributed by atoms with Gasteiger partial charge in [-0.25, -0.2) is 0 Å². The summed E-state index contributed by atoms with van der Waals surface area (Å²) in [5.41, 5.74) is 0. The molecule has 0 heterocycles. The van der Waals surface area contributed by atoms with Gasteiger partial charge in [0.05, 0.1) is 6.10 Å². The van der Waals surface area contributed by atoms with Gasteiger partial charge in [-0.15, -0.1) is 0 Å². The molecular weight excluding hydrogens is 166 g/mol. The minimum atomic E-state index is -0.178. The highest BCUT2D eigenvalue weighted by atomic mass is 16.3. The molecule has 0 unspecified atom stereocenters. The van der Waals surface area contributed by atoms with E-state index in [1.165, 1.54) is 0 Å². The zero-order valence-corrected chi connectivity index (χ0v) is 8.42. The van der Waals surface area contributed by atoms with Crippen molar-refractivity contribution in [2.75, 3.05) is 0 Å². The lowest BCUT2D eigenvalue weighted by Crippen LogP contribution is -2.37. The molecule has 1 fully saturated rings. The molecule has 3 nitrogen and oxygen atoms in total. The Kier molecular flexibility index (Phi) is 3.72. The van der Waals surface area contributed by atoms with E-state index in [2.05, 4.69) is 5.32 Å². The van der Waals surface area contributed by atoms with Crippen LogP contribution in [0.5, 0.6) is 0 Å². The van der Waals surface area contributed by atoms with Gasteiger partial charge >= 0.3 is 0 Å². The fourth-order valence-corrected chi connectivity index (χ4v) is 1.74. The molecule has 0 saturated heterocycles. The Labute approximate surface area is 79.5 Å². The van der Waals surface area contributed by atoms with Crippen molar-refractivity contribution in [2.24, 2.45) is 5.92 Å². The van der Waals surface area contributed by atoms with E-state index < -0.39 is 0 Å². The second-order valence-corrected chi connectivity index (χ2v) is 4.17. The van der Waals surface area contributed by atoms with Gasteiger partial charge in [0.25, 0.3) is 0 Å². The van der Waals surface area contributed by atoms with E-state index in [1.54, 1.807) is 0 Å². The number of hydrogen-bond donors (Lipinski definition) is 2. The van der Waals surface area contributed by atoms with E-state index in [0.717, 1.165) is 25.7 Å². The smallest absolute Gasteiger partial charge is 0.223 e. The third-order valence-electron chi connectivity index (χ3n) is 2.50. The zero-order chi connectivity index (χ0) is 9.84. The van der Waals surface area contributed by atoms with E-state index in [4.69, 9.17) is 0 Å². The molecule has 76 valence electrons. The summed E-state index contributed by atoms with van der Waals surface area (Å²) in [5.74, 6) is 0.285. The van der Waals surface area contributed by atoms with Gasteiger partial charge in [0.1, 0.15) is 0 Å². The number of aliphatic hydroxyl groups is 1. The van der Waals surface area contributed by atoms with Crippen LogP contribution in [0.3, 0.4) is 0 Å². The van der Waals surface area contributed by atoms with Crippen LogP contribution in [0.4, 0.5) is 0 Å². The summed E-state index contributed by atoms with van der Waals surface area (Å²) in [6.45, 7) is 3.94. The second-order valence-electron chi connectivity index (χ2n) is 4.17. The van der Waals surface area contributed by atoms with E-state index >= 15 is 0 Å². The van der Waals surface area contributed by atoms with Crippen molar-refractivity contribution >= 4 is 5.91 Å². The lowest BCUT2D eigenvalue weighted by molar-refractivity contribution is -0.127. The number of hydrogen-bond acceptors (Lipinski definition) is 2. The lowest BCUT2D eigenvalue weighted by atomic mass is 9.87. The third-order valence-corrected chi connectivity index (χ3v) is 2.50. The normalized spacial score (nSPS) is 28.9. The van der Waals surface area contributed by atoms with Crippen LogP contribution < -0.4 is 5.32 Å². The van der Waals surface area contributed by atoms with E-state index in [1.807, 2.05) is 13.8 Å². The average molecular weight is 185 g/mol. The number of rotatable bonds is 2. The highest BCUT2D eigenvalue weighted by molar-refractivity contribution is 5.78. The van der Waals surface area contributed by atoms with Crippen molar-refractivity contribution in [2.45, 2.75) is 51.7 Å². The summed E-state index contributed by atoms with van der Waals surface area (Å²) >= 11 is 0. The summed E-state index contributed by atoms with van der Waals surface area (Å²) < 4.78 is 0. The molecule has 1 rings (SSSR count). The number of amides is 1. The molecule has 0 bridgehead atoms. The largest absolute Gasteiger partial charge is 0.393 e. The van der Waals surface area contributed by atoms with Gasteiger partial charge in [-0.1, -0.05) is 0 Å². The Balaban J connectivity index is 2.31. The van der Waals surface area contributed by atoms with Gasteiger partial charge < -0.3 is 10.4 Å². The van der Waals surface area contributed by atoms with Gasteiger partial charge in [-0.3, -0.25) is 4.79 Å². The maximum atomic E-state index is 11.5. The van der Waals surface area contributed by atoms with Crippen LogP contribution in [-0.4, -0.2) is 23.2 Å². The van der Waals surface area contributed by atoms with Crippen LogP contribution >= 0.6 is 0 Å². The molecule has 0 aromatic carbocycles. The Morgan fingerprint density at radius 3 is 2.31 bits per heavy atom. The monoisotopic (exact) mass is 185 g/mol. The van der Waals surface area contributed by atoms with E-state index in [-0.39, 0.29) is 24.0 Å². The first-order valence-corrected chi connectivity index (χ1v) is 5.08. The molecule has 1 aliphatic carbocycles. The van der Waals surface area contributed by atoms with Crippen molar-refractivity contribution < 1.29 is 9.90 Å². The van der Waals surface area contributed by atoms with Crippen LogP contribution in [0.1, 0.15) is 39.5 Å². The molecule has 0 aliphatic heterocycles. The van der Waals surface area contributed by atoms with E-state index in [0.29, 0.717) is 0 Å². The molecule has 0 aromatic heterocycles. The zero-order valence-electron chi connectivity index (χ0n) is 8.42. The minimum Gasteiger partial charge on any atom is -0.393 e. The maximum absolute atomic E-state index is 11.5. The van der Waals surface area contributed by atoms with Crippen molar-refractivity contribution in [1.82, 2.24) is 5.32 Å². The number of nitrogens with one attached hydrogen (secondary N) is 1. The number of carbonyl (C=O) groups excluding carboxylic acids is 1. The number of aliphatic hydroxyl groups excluding tert-OH is 1. The SMILES string of the molecule is CC(C)NC(=O)C1CCC(O)CC1. The van der Waals surface area contributed by atoms with Crippen LogP contribution in [0.2, 0.25) is 0 Å². The quantitative estimate of drug-likeness (QED) is 0.676. The Bertz CT molecular complexity index is 172. The highest BCUT2D eigenvalue weighted by Crippen LogP contribution is 2.24. The Morgan fingerprint density at radius 1 is 1.31 bits per heavy atom. The Hall–Kier alpha value is -0.570. The molecule has 0 aromatic rings. The predicted molar refractivity (Wildman–Crippen MR) is 51.2 cm³/mol. The van der Waals surface area contributed by atoms with Crippen LogP contribution in [0.15, 0.2) is 0 Å². The van der Waals surface area contributed by atoms with Gasteiger partial charge in [0.15, 0.2) is 0 Å². The summed E-state index contributed by atoms with van der Waals surface area (Å²) in [7, 11) is 0. The highest BCUT2D eigenvalue weighted by Gasteiger charge is 2.25. The molecule has 0 atom stereocenters. The summed E-state index contributed by atoms with van der Waals surface area (Å²) in [4.78, 5) is 11.5. The summed E-state index contributed by atoms with van der Waals surface area (Å²) in [6, 6.07) is 0.222. The molecule has 1 saturated carbocycles. The summed E-state index contributed by atoms with van der Waals surface area (Å²) in [6.07, 6.45) is 3.04. The maximum Gasteiger partial charge on any atom is 0.223 e. The number of carbonyl (C=O) groups is 1. The first kappa shape index (κ1) is 10.5.